The van der Waals surface area contributed by atoms with Crippen LogP contribution in [0.25, 0.3) is 11.3 Å². The standard InChI is InChI=1S/C20H19FN4OS/c21-15-8-4-5-9-16(15)24-10-12-25(13-11-24)19(26)18-17(23-20(22)27-18)14-6-2-1-3-7-14/h1-9H,10-13H2,(H2,22,23). The number of aromatic nitrogens is 1. The van der Waals surface area contributed by atoms with E-state index in [-0.39, 0.29) is 11.7 Å². The van der Waals surface area contributed by atoms with Gasteiger partial charge >= 0.3 is 0 Å². The second-order valence-corrected chi connectivity index (χ2v) is 7.36. The number of para-hydroxylation sites is 1. The molecule has 3 aromatic rings. The smallest absolute Gasteiger partial charge is 0.266 e. The Morgan fingerprint density at radius 1 is 1.00 bits per heavy atom. The number of nitrogens with zero attached hydrogens (tertiary/aromatic N) is 3. The van der Waals surface area contributed by atoms with Gasteiger partial charge in [0.1, 0.15) is 10.7 Å². The Morgan fingerprint density at radius 3 is 2.37 bits per heavy atom. The van der Waals surface area contributed by atoms with Gasteiger partial charge in [-0.1, -0.05) is 53.8 Å². The van der Waals surface area contributed by atoms with Gasteiger partial charge in [-0.15, -0.1) is 0 Å². The summed E-state index contributed by atoms with van der Waals surface area (Å²) in [7, 11) is 0. The number of halogens is 1. The molecule has 4 rings (SSSR count). The molecule has 0 saturated carbocycles. The molecule has 0 aliphatic carbocycles. The number of hydrogen-bond acceptors (Lipinski definition) is 5. The van der Waals surface area contributed by atoms with Crippen LogP contribution in [0.15, 0.2) is 54.6 Å². The molecule has 1 aliphatic rings. The highest BCUT2D eigenvalue weighted by molar-refractivity contribution is 7.17. The number of nitrogens with two attached hydrogens (primary N) is 1. The molecule has 5 nitrogen and oxygen atoms in total. The van der Waals surface area contributed by atoms with Crippen LogP contribution in [0, 0.1) is 5.82 Å². The van der Waals surface area contributed by atoms with Gasteiger partial charge in [0.15, 0.2) is 5.13 Å². The van der Waals surface area contributed by atoms with Crippen molar-refractivity contribution in [1.29, 1.82) is 0 Å². The van der Waals surface area contributed by atoms with Crippen molar-refractivity contribution in [2.75, 3.05) is 36.8 Å². The number of thiazole rings is 1. The molecule has 2 heterocycles. The van der Waals surface area contributed by atoms with E-state index >= 15 is 0 Å². The molecule has 2 aromatic carbocycles. The predicted molar refractivity (Wildman–Crippen MR) is 106 cm³/mol. The summed E-state index contributed by atoms with van der Waals surface area (Å²) in [4.78, 5) is 21.7. The minimum absolute atomic E-state index is 0.0729. The molecule has 1 fully saturated rings. The van der Waals surface area contributed by atoms with Crippen LogP contribution in [-0.2, 0) is 0 Å². The quantitative estimate of drug-likeness (QED) is 0.753. The molecule has 0 spiro atoms. The molecule has 2 N–H and O–H groups in total. The zero-order chi connectivity index (χ0) is 18.8. The SMILES string of the molecule is Nc1nc(-c2ccccc2)c(C(=O)N2CCN(c3ccccc3F)CC2)s1. The summed E-state index contributed by atoms with van der Waals surface area (Å²) in [5.74, 6) is -0.310. The van der Waals surface area contributed by atoms with Gasteiger partial charge in [-0.05, 0) is 12.1 Å². The summed E-state index contributed by atoms with van der Waals surface area (Å²) >= 11 is 1.21. The number of carbonyl (C=O) groups excluding carboxylic acids is 1. The zero-order valence-electron chi connectivity index (χ0n) is 14.6. The van der Waals surface area contributed by atoms with Crippen molar-refractivity contribution in [3.8, 4) is 11.3 Å². The van der Waals surface area contributed by atoms with E-state index in [1.165, 1.54) is 17.4 Å². The molecule has 7 heteroatoms. The van der Waals surface area contributed by atoms with Crippen LogP contribution in [0.5, 0.6) is 0 Å². The third kappa shape index (κ3) is 3.50. The number of anilines is 2. The lowest BCUT2D eigenvalue weighted by Crippen LogP contribution is -2.49. The van der Waals surface area contributed by atoms with E-state index in [9.17, 15) is 9.18 Å². The molecular weight excluding hydrogens is 363 g/mol. The summed E-state index contributed by atoms with van der Waals surface area (Å²) in [6, 6.07) is 16.3. The largest absolute Gasteiger partial charge is 0.375 e. The van der Waals surface area contributed by atoms with Gasteiger partial charge < -0.3 is 15.5 Å². The van der Waals surface area contributed by atoms with Crippen molar-refractivity contribution < 1.29 is 9.18 Å². The second-order valence-electron chi connectivity index (χ2n) is 6.33. The average Bonchev–Trinajstić information content (AvgIpc) is 3.10. The molecule has 0 unspecified atom stereocenters. The fourth-order valence-corrected chi connectivity index (χ4v) is 4.10. The molecule has 1 saturated heterocycles. The fraction of sp³-hybridized carbons (Fsp3) is 0.200. The highest BCUT2D eigenvalue weighted by atomic mass is 32.1. The number of hydrogen-bond donors (Lipinski definition) is 1. The molecule has 0 atom stereocenters. The van der Waals surface area contributed by atoms with Crippen molar-refractivity contribution in [1.82, 2.24) is 9.88 Å². The zero-order valence-corrected chi connectivity index (χ0v) is 15.5. The van der Waals surface area contributed by atoms with Crippen LogP contribution in [0.3, 0.4) is 0 Å². The summed E-state index contributed by atoms with van der Waals surface area (Å²) in [6.07, 6.45) is 0. The molecule has 1 aromatic heterocycles. The highest BCUT2D eigenvalue weighted by Crippen LogP contribution is 2.31. The topological polar surface area (TPSA) is 62.5 Å². The van der Waals surface area contributed by atoms with Gasteiger partial charge in [0, 0.05) is 31.7 Å². The first-order valence-corrected chi connectivity index (χ1v) is 9.55. The first-order chi connectivity index (χ1) is 13.1. The van der Waals surface area contributed by atoms with Gasteiger partial charge in [-0.3, -0.25) is 4.79 Å². The molecule has 1 amide bonds. The van der Waals surface area contributed by atoms with E-state index in [4.69, 9.17) is 5.73 Å². The number of carbonyl (C=O) groups is 1. The Balaban J connectivity index is 1.52. The summed E-state index contributed by atoms with van der Waals surface area (Å²) in [6.45, 7) is 2.22. The molecule has 1 aliphatic heterocycles. The van der Waals surface area contributed by atoms with E-state index in [0.717, 1.165) is 5.56 Å². The Bertz CT molecular complexity index is 952. The van der Waals surface area contributed by atoms with E-state index in [2.05, 4.69) is 4.98 Å². The fourth-order valence-electron chi connectivity index (χ4n) is 3.28. The maximum absolute atomic E-state index is 14.0. The molecule has 0 bridgehead atoms. The van der Waals surface area contributed by atoms with E-state index in [1.807, 2.05) is 41.3 Å². The molecule has 0 radical (unpaired) electrons. The van der Waals surface area contributed by atoms with Crippen LogP contribution in [0.4, 0.5) is 15.2 Å². The van der Waals surface area contributed by atoms with Crippen LogP contribution >= 0.6 is 11.3 Å². The second kappa shape index (κ2) is 7.36. The monoisotopic (exact) mass is 382 g/mol. The maximum atomic E-state index is 14.0. The average molecular weight is 382 g/mol. The van der Waals surface area contributed by atoms with Crippen molar-refractivity contribution in [2.24, 2.45) is 0 Å². The Labute approximate surface area is 160 Å². The number of amides is 1. The van der Waals surface area contributed by atoms with Gasteiger partial charge in [0.05, 0.1) is 11.4 Å². The Morgan fingerprint density at radius 2 is 1.67 bits per heavy atom. The first kappa shape index (κ1) is 17.5. The van der Waals surface area contributed by atoms with Crippen LogP contribution < -0.4 is 10.6 Å². The lowest BCUT2D eigenvalue weighted by Gasteiger charge is -2.36. The highest BCUT2D eigenvalue weighted by Gasteiger charge is 2.27. The lowest BCUT2D eigenvalue weighted by atomic mass is 10.1. The summed E-state index contributed by atoms with van der Waals surface area (Å²) in [5.41, 5.74) is 7.96. The minimum Gasteiger partial charge on any atom is -0.375 e. The van der Waals surface area contributed by atoms with Gasteiger partial charge in [0.2, 0.25) is 0 Å². The van der Waals surface area contributed by atoms with E-state index in [1.54, 1.807) is 17.0 Å². The number of piperazine rings is 1. The van der Waals surface area contributed by atoms with Crippen molar-refractivity contribution in [3.05, 3.63) is 65.3 Å². The molecule has 138 valence electrons. The Kier molecular flexibility index (Phi) is 4.77. The van der Waals surface area contributed by atoms with Crippen molar-refractivity contribution >= 4 is 28.1 Å². The normalized spacial score (nSPS) is 14.4. The number of nitrogen functional groups attached to an aromatic ring is 1. The predicted octanol–water partition coefficient (Wildman–Crippen LogP) is 3.49. The van der Waals surface area contributed by atoms with Gasteiger partial charge in [-0.25, -0.2) is 9.37 Å². The number of rotatable bonds is 3. The van der Waals surface area contributed by atoms with E-state index < -0.39 is 0 Å². The first-order valence-electron chi connectivity index (χ1n) is 8.74. The molecule has 27 heavy (non-hydrogen) atoms. The van der Waals surface area contributed by atoms with E-state index in [0.29, 0.717) is 47.6 Å². The van der Waals surface area contributed by atoms with Crippen LogP contribution in [0.2, 0.25) is 0 Å². The summed E-state index contributed by atoms with van der Waals surface area (Å²) in [5, 5.41) is 0.377. The molecular formula is C20H19FN4OS. The van der Waals surface area contributed by atoms with Gasteiger partial charge in [0.25, 0.3) is 5.91 Å². The van der Waals surface area contributed by atoms with Crippen molar-refractivity contribution in [3.63, 3.8) is 0 Å². The summed E-state index contributed by atoms with van der Waals surface area (Å²) < 4.78 is 14.0. The minimum atomic E-state index is -0.237. The lowest BCUT2D eigenvalue weighted by molar-refractivity contribution is 0.0752. The van der Waals surface area contributed by atoms with Crippen molar-refractivity contribution in [2.45, 2.75) is 0 Å². The van der Waals surface area contributed by atoms with Gasteiger partial charge in [-0.2, -0.15) is 0 Å². The maximum Gasteiger partial charge on any atom is 0.266 e. The third-order valence-corrected chi connectivity index (χ3v) is 5.52. The van der Waals surface area contributed by atoms with Crippen LogP contribution in [-0.4, -0.2) is 42.0 Å². The Hall–Kier alpha value is -2.93. The third-order valence-electron chi connectivity index (χ3n) is 4.65. The number of benzene rings is 2. The van der Waals surface area contributed by atoms with Crippen LogP contribution in [0.1, 0.15) is 9.67 Å².